The van der Waals surface area contributed by atoms with Crippen molar-refractivity contribution in [2.75, 3.05) is 30.3 Å². The van der Waals surface area contributed by atoms with Crippen LogP contribution < -0.4 is 10.6 Å². The average Bonchev–Trinajstić information content (AvgIpc) is 3.71. The second-order valence-corrected chi connectivity index (χ2v) is 11.9. The number of rotatable bonds is 9. The number of nitrogens with zero attached hydrogens (tertiary/aromatic N) is 5. The third-order valence-electron chi connectivity index (χ3n) is 8.02. The van der Waals surface area contributed by atoms with Crippen molar-refractivity contribution in [3.8, 4) is 10.4 Å². The van der Waals surface area contributed by atoms with E-state index in [0.29, 0.717) is 6.54 Å². The normalized spacial score (nSPS) is 16.4. The van der Waals surface area contributed by atoms with Gasteiger partial charge in [0.15, 0.2) is 0 Å². The van der Waals surface area contributed by atoms with Gasteiger partial charge in [-0.1, -0.05) is 12.1 Å². The van der Waals surface area contributed by atoms with Gasteiger partial charge in [-0.3, -0.25) is 9.58 Å². The Bertz CT molecular complexity index is 1780. The average molecular weight is 583 g/mol. The van der Waals surface area contributed by atoms with Gasteiger partial charge < -0.3 is 21.1 Å². The molecule has 214 valence electrons. The topological polar surface area (TPSA) is 115 Å². The highest BCUT2D eigenvalue weighted by atomic mass is 32.1. The van der Waals surface area contributed by atoms with E-state index in [1.807, 2.05) is 28.9 Å². The lowest BCUT2D eigenvalue weighted by Crippen LogP contribution is -2.26. The van der Waals surface area contributed by atoms with Crippen LogP contribution in [0.2, 0.25) is 0 Å². The lowest BCUT2D eigenvalue weighted by atomic mass is 9.95. The Labute approximate surface area is 246 Å². The largest absolute Gasteiger partial charge is 0.392 e. The SMILES string of the molecule is N=Cc1cc(Nc2ncnc3sc4c(c23)CCc2nn(CCN3CCC(O)C3)cc2-4)ccc1NCc1cccc(F)c1. The van der Waals surface area contributed by atoms with E-state index in [0.717, 1.165) is 89.7 Å². The number of β-amino-alcohol motifs (C(OH)–C–C–N with tert-alkyl or cyclic N) is 1. The van der Waals surface area contributed by atoms with E-state index in [4.69, 9.17) is 10.5 Å². The molecule has 11 heteroatoms. The van der Waals surface area contributed by atoms with Crippen LogP contribution in [0.3, 0.4) is 0 Å². The fourth-order valence-electron chi connectivity index (χ4n) is 5.90. The standard InChI is InChI=1S/C31H31FN8OS/c32-21-3-1-2-19(12-21)15-34-26-6-4-22(13-20(26)14-33)37-30-28-24-5-7-27-25(29(24)42-31(28)36-18-35-30)17-40(38-27)11-10-39-9-8-23(41)16-39/h1-4,6,12-14,17-18,23,33-34,41H,5,7-11,15-16H2,(H,35,36,37). The lowest BCUT2D eigenvalue weighted by molar-refractivity contribution is 0.174. The maximum atomic E-state index is 13.6. The molecule has 7 rings (SSSR count). The van der Waals surface area contributed by atoms with Gasteiger partial charge in [-0.2, -0.15) is 5.10 Å². The molecule has 0 amide bonds. The molecule has 0 spiro atoms. The maximum absolute atomic E-state index is 13.6. The van der Waals surface area contributed by atoms with Gasteiger partial charge in [-0.05, 0) is 60.7 Å². The fraction of sp³-hybridized carbons (Fsp3) is 0.290. The molecule has 9 nitrogen and oxygen atoms in total. The van der Waals surface area contributed by atoms with Gasteiger partial charge in [-0.15, -0.1) is 11.3 Å². The highest BCUT2D eigenvalue weighted by molar-refractivity contribution is 7.22. The predicted octanol–water partition coefficient (Wildman–Crippen LogP) is 5.21. The van der Waals surface area contributed by atoms with E-state index < -0.39 is 0 Å². The monoisotopic (exact) mass is 582 g/mol. The van der Waals surface area contributed by atoms with Gasteiger partial charge in [0.25, 0.3) is 0 Å². The van der Waals surface area contributed by atoms with Crippen LogP contribution in [0.15, 0.2) is 55.0 Å². The van der Waals surface area contributed by atoms with Gasteiger partial charge in [0.2, 0.25) is 0 Å². The zero-order valence-corrected chi connectivity index (χ0v) is 23.8. The minimum atomic E-state index is -0.267. The molecule has 0 radical (unpaired) electrons. The Morgan fingerprint density at radius 2 is 2.07 bits per heavy atom. The van der Waals surface area contributed by atoms with Crippen LogP contribution in [-0.4, -0.2) is 61.7 Å². The first-order chi connectivity index (χ1) is 20.5. The first-order valence-electron chi connectivity index (χ1n) is 14.2. The van der Waals surface area contributed by atoms with Gasteiger partial charge >= 0.3 is 0 Å². The van der Waals surface area contributed by atoms with E-state index in [1.54, 1.807) is 23.7 Å². The van der Waals surface area contributed by atoms with E-state index in [-0.39, 0.29) is 11.9 Å². The third-order valence-corrected chi connectivity index (χ3v) is 9.19. The first kappa shape index (κ1) is 26.7. The Morgan fingerprint density at radius 1 is 1.14 bits per heavy atom. The molecule has 1 aliphatic carbocycles. The zero-order chi connectivity index (χ0) is 28.6. The lowest BCUT2D eigenvalue weighted by Gasteiger charge is -2.14. The van der Waals surface area contributed by atoms with Gasteiger partial charge in [0.1, 0.15) is 22.8 Å². The summed E-state index contributed by atoms with van der Waals surface area (Å²) >= 11 is 1.68. The number of fused-ring (bicyclic) bond motifs is 5. The van der Waals surface area contributed by atoms with Crippen molar-refractivity contribution in [2.24, 2.45) is 0 Å². The second kappa shape index (κ2) is 11.2. The number of halogens is 1. The maximum Gasteiger partial charge on any atom is 0.142 e. The Kier molecular flexibility index (Phi) is 7.14. The number of hydrogen-bond donors (Lipinski definition) is 4. The number of nitrogens with one attached hydrogen (secondary N) is 3. The molecule has 4 N–H and O–H groups in total. The minimum Gasteiger partial charge on any atom is -0.392 e. The predicted molar refractivity (Wildman–Crippen MR) is 164 cm³/mol. The fourth-order valence-corrected chi connectivity index (χ4v) is 7.12. The Hall–Kier alpha value is -4.19. The molecule has 1 aliphatic heterocycles. The Balaban J connectivity index is 1.12. The first-order valence-corrected chi connectivity index (χ1v) is 15.0. The van der Waals surface area contributed by atoms with Crippen LogP contribution in [0.1, 0.15) is 28.8 Å². The second-order valence-electron chi connectivity index (χ2n) is 10.9. The summed E-state index contributed by atoms with van der Waals surface area (Å²) in [7, 11) is 0. The summed E-state index contributed by atoms with van der Waals surface area (Å²) in [4.78, 5) is 13.7. The van der Waals surface area contributed by atoms with Crippen molar-refractivity contribution in [3.63, 3.8) is 0 Å². The van der Waals surface area contributed by atoms with E-state index >= 15 is 0 Å². The summed E-state index contributed by atoms with van der Waals surface area (Å²) in [5.41, 5.74) is 6.70. The van der Waals surface area contributed by atoms with Crippen LogP contribution in [0.5, 0.6) is 0 Å². The number of aryl methyl sites for hydroxylation is 2. The number of thiophene rings is 1. The number of likely N-dealkylation sites (tertiary alicyclic amines) is 1. The summed E-state index contributed by atoms with van der Waals surface area (Å²) in [5.74, 6) is 0.481. The van der Waals surface area contributed by atoms with Gasteiger partial charge in [0.05, 0.1) is 23.7 Å². The minimum absolute atomic E-state index is 0.209. The summed E-state index contributed by atoms with van der Waals surface area (Å²) in [6, 6.07) is 12.3. The van der Waals surface area contributed by atoms with Crippen molar-refractivity contribution >= 4 is 45.0 Å². The van der Waals surface area contributed by atoms with E-state index in [1.165, 1.54) is 34.4 Å². The smallest absolute Gasteiger partial charge is 0.142 e. The highest BCUT2D eigenvalue weighted by Crippen LogP contribution is 2.45. The summed E-state index contributed by atoms with van der Waals surface area (Å²) in [5, 5.41) is 30.5. The summed E-state index contributed by atoms with van der Waals surface area (Å²) < 4.78 is 15.6. The molecule has 2 aliphatic rings. The molecule has 1 saturated heterocycles. The zero-order valence-electron chi connectivity index (χ0n) is 23.0. The van der Waals surface area contributed by atoms with Crippen molar-refractivity contribution < 1.29 is 9.50 Å². The molecular formula is C31H31FN8OS. The number of anilines is 3. The number of aromatic nitrogens is 4. The number of aliphatic hydroxyl groups is 1. The number of hydrogen-bond acceptors (Lipinski definition) is 9. The van der Waals surface area contributed by atoms with E-state index in [9.17, 15) is 9.50 Å². The molecule has 42 heavy (non-hydrogen) atoms. The summed E-state index contributed by atoms with van der Waals surface area (Å²) in [6.07, 6.45) is 7.43. The van der Waals surface area contributed by atoms with Gasteiger partial charge in [-0.25, -0.2) is 14.4 Å². The van der Waals surface area contributed by atoms with Crippen LogP contribution >= 0.6 is 11.3 Å². The van der Waals surface area contributed by atoms with Crippen molar-refractivity contribution in [3.05, 3.63) is 83.2 Å². The van der Waals surface area contributed by atoms with Crippen molar-refractivity contribution in [1.82, 2.24) is 24.6 Å². The quantitative estimate of drug-likeness (QED) is 0.176. The van der Waals surface area contributed by atoms with Crippen molar-refractivity contribution in [2.45, 2.75) is 38.5 Å². The molecule has 4 heterocycles. The van der Waals surface area contributed by atoms with Crippen LogP contribution in [0.4, 0.5) is 21.6 Å². The molecule has 3 aromatic heterocycles. The van der Waals surface area contributed by atoms with Crippen molar-refractivity contribution in [1.29, 1.82) is 5.41 Å². The highest BCUT2D eigenvalue weighted by Gasteiger charge is 2.27. The van der Waals surface area contributed by atoms with Crippen LogP contribution in [0, 0.1) is 11.2 Å². The summed E-state index contributed by atoms with van der Waals surface area (Å²) in [6.45, 7) is 3.82. The number of benzene rings is 2. The molecule has 2 aromatic carbocycles. The third kappa shape index (κ3) is 5.26. The molecule has 1 fully saturated rings. The Morgan fingerprint density at radius 3 is 2.90 bits per heavy atom. The molecule has 0 saturated carbocycles. The molecular weight excluding hydrogens is 551 g/mol. The number of aliphatic hydroxyl groups excluding tert-OH is 1. The van der Waals surface area contributed by atoms with Gasteiger partial charge in [0, 0.05) is 66.0 Å². The van der Waals surface area contributed by atoms with Crippen LogP contribution in [0.25, 0.3) is 20.7 Å². The molecule has 5 aromatic rings. The molecule has 1 unspecified atom stereocenters. The molecule has 1 atom stereocenters. The van der Waals surface area contributed by atoms with Crippen LogP contribution in [-0.2, 0) is 25.9 Å². The van der Waals surface area contributed by atoms with E-state index in [2.05, 4.69) is 31.7 Å². The molecule has 0 bridgehead atoms.